The van der Waals surface area contributed by atoms with Gasteiger partial charge in [0.1, 0.15) is 0 Å². The number of carbonyl (C=O) groups excluding carboxylic acids is 1. The molecule has 2 fully saturated rings. The largest absolute Gasteiger partial charge is 0.481 e. The molecule has 2 heterocycles. The number of aliphatic carboxylic acids is 1. The molecule has 0 aliphatic carbocycles. The molecule has 3 rings (SSSR count). The summed E-state index contributed by atoms with van der Waals surface area (Å²) in [5, 5.41) is 12.1. The minimum atomic E-state index is -0.785. The van der Waals surface area contributed by atoms with Crippen LogP contribution in [-0.4, -0.2) is 34.1 Å². The second-order valence-corrected chi connectivity index (χ2v) is 6.59. The van der Waals surface area contributed by atoms with E-state index in [1.54, 1.807) is 4.90 Å². The Hall–Kier alpha value is -1.56. The number of fused-ring (bicyclic) bond motifs is 2. The Morgan fingerprint density at radius 1 is 1.38 bits per heavy atom. The van der Waals surface area contributed by atoms with Crippen LogP contribution in [0.5, 0.6) is 0 Å². The van der Waals surface area contributed by atoms with Gasteiger partial charge in [0, 0.05) is 23.1 Å². The molecule has 5 nitrogen and oxygen atoms in total. The van der Waals surface area contributed by atoms with Crippen molar-refractivity contribution in [2.24, 2.45) is 5.92 Å². The van der Waals surface area contributed by atoms with Gasteiger partial charge in [-0.05, 0) is 37.0 Å². The Morgan fingerprint density at radius 3 is 2.86 bits per heavy atom. The van der Waals surface area contributed by atoms with E-state index in [0.29, 0.717) is 13.0 Å². The Bertz CT molecular complexity index is 578. The summed E-state index contributed by atoms with van der Waals surface area (Å²) in [4.78, 5) is 25.3. The highest BCUT2D eigenvalue weighted by Gasteiger charge is 2.51. The smallest absolute Gasteiger partial charge is 0.318 e. The molecule has 0 saturated carbocycles. The normalized spacial score (nSPS) is 26.9. The number of amides is 2. The highest BCUT2D eigenvalue weighted by Crippen LogP contribution is 2.41. The van der Waals surface area contributed by atoms with Gasteiger partial charge < -0.3 is 15.3 Å². The number of benzene rings is 1. The first-order valence-electron chi connectivity index (χ1n) is 7.09. The number of nitrogens with zero attached hydrogens (tertiary/aromatic N) is 1. The van der Waals surface area contributed by atoms with E-state index in [1.807, 2.05) is 24.3 Å². The van der Waals surface area contributed by atoms with Gasteiger partial charge in [-0.15, -0.1) is 0 Å². The zero-order valence-corrected chi connectivity index (χ0v) is 13.0. The van der Waals surface area contributed by atoms with Crippen molar-refractivity contribution in [1.29, 1.82) is 0 Å². The quantitative estimate of drug-likeness (QED) is 0.878. The Balaban J connectivity index is 1.63. The monoisotopic (exact) mass is 352 g/mol. The third-order valence-corrected chi connectivity index (χ3v) is 4.91. The Labute approximate surface area is 131 Å². The molecule has 3 atom stereocenters. The SMILES string of the molecule is O=C(O)C1CC2CCC1N2C(=O)NCc1cccc(Br)c1. The molecule has 2 N–H and O–H groups in total. The van der Waals surface area contributed by atoms with Gasteiger partial charge in [0.25, 0.3) is 0 Å². The molecule has 6 heteroatoms. The van der Waals surface area contributed by atoms with E-state index in [1.165, 1.54) is 0 Å². The van der Waals surface area contributed by atoms with Gasteiger partial charge in [0.2, 0.25) is 0 Å². The minimum absolute atomic E-state index is 0.0820. The number of carboxylic acids is 1. The molecule has 3 unspecified atom stereocenters. The van der Waals surface area contributed by atoms with Crippen LogP contribution in [0.1, 0.15) is 24.8 Å². The fourth-order valence-corrected chi connectivity index (χ4v) is 3.93. The van der Waals surface area contributed by atoms with Gasteiger partial charge in [-0.2, -0.15) is 0 Å². The summed E-state index contributed by atoms with van der Waals surface area (Å²) in [5.41, 5.74) is 1.01. The number of hydrogen-bond acceptors (Lipinski definition) is 2. The van der Waals surface area contributed by atoms with E-state index in [9.17, 15) is 14.7 Å². The lowest BCUT2D eigenvalue weighted by molar-refractivity contribution is -0.142. The van der Waals surface area contributed by atoms with Gasteiger partial charge >= 0.3 is 12.0 Å². The minimum Gasteiger partial charge on any atom is -0.481 e. The molecule has 2 bridgehead atoms. The summed E-state index contributed by atoms with van der Waals surface area (Å²) < 4.78 is 0.974. The van der Waals surface area contributed by atoms with Crippen molar-refractivity contribution in [3.05, 3.63) is 34.3 Å². The number of urea groups is 1. The third kappa shape index (κ3) is 2.77. The fraction of sp³-hybridized carbons (Fsp3) is 0.467. The zero-order valence-electron chi connectivity index (χ0n) is 11.5. The van der Waals surface area contributed by atoms with E-state index in [0.717, 1.165) is 22.9 Å². The number of carbonyl (C=O) groups is 2. The van der Waals surface area contributed by atoms with Gasteiger partial charge in [-0.3, -0.25) is 4.79 Å². The number of carboxylic acid groups (broad SMARTS) is 1. The molecule has 2 amide bonds. The predicted molar refractivity (Wildman–Crippen MR) is 80.8 cm³/mol. The van der Waals surface area contributed by atoms with Crippen LogP contribution in [0.15, 0.2) is 28.7 Å². The molecule has 2 aliphatic rings. The molecule has 112 valence electrons. The molecule has 0 aromatic heterocycles. The summed E-state index contributed by atoms with van der Waals surface area (Å²) in [6.07, 6.45) is 2.30. The molecule has 21 heavy (non-hydrogen) atoms. The molecule has 0 spiro atoms. The van der Waals surface area contributed by atoms with Gasteiger partial charge in [-0.25, -0.2) is 4.79 Å². The average molecular weight is 353 g/mol. The standard InChI is InChI=1S/C15H17BrN2O3/c16-10-3-1-2-9(6-10)8-17-15(21)18-11-4-5-13(18)12(7-11)14(19)20/h1-3,6,11-13H,4-5,7-8H2,(H,17,21)(H,19,20). The number of hydrogen-bond donors (Lipinski definition) is 2. The average Bonchev–Trinajstić information content (AvgIpc) is 3.02. The van der Waals surface area contributed by atoms with Crippen LogP contribution in [0, 0.1) is 5.92 Å². The first kappa shape index (κ1) is 14.4. The lowest BCUT2D eigenvalue weighted by Crippen LogP contribution is -2.44. The summed E-state index contributed by atoms with van der Waals surface area (Å²) in [7, 11) is 0. The molecule has 1 aromatic rings. The Kier molecular flexibility index (Phi) is 3.89. The van der Waals surface area contributed by atoms with Crippen molar-refractivity contribution in [2.75, 3.05) is 0 Å². The van der Waals surface area contributed by atoms with E-state index in [-0.39, 0.29) is 18.1 Å². The van der Waals surface area contributed by atoms with Gasteiger partial charge in [0.15, 0.2) is 0 Å². The van der Waals surface area contributed by atoms with Crippen molar-refractivity contribution in [1.82, 2.24) is 10.2 Å². The highest BCUT2D eigenvalue weighted by atomic mass is 79.9. The third-order valence-electron chi connectivity index (χ3n) is 4.42. The van der Waals surface area contributed by atoms with Crippen LogP contribution in [0.2, 0.25) is 0 Å². The molecular formula is C15H17BrN2O3. The van der Waals surface area contributed by atoms with Crippen molar-refractivity contribution in [2.45, 2.75) is 37.9 Å². The van der Waals surface area contributed by atoms with E-state index >= 15 is 0 Å². The maximum atomic E-state index is 12.3. The highest BCUT2D eigenvalue weighted by molar-refractivity contribution is 9.10. The number of nitrogens with one attached hydrogen (secondary N) is 1. The van der Waals surface area contributed by atoms with E-state index in [2.05, 4.69) is 21.2 Å². The lowest BCUT2D eigenvalue weighted by atomic mass is 9.89. The maximum absolute atomic E-state index is 12.3. The predicted octanol–water partition coefficient (Wildman–Crippen LogP) is 2.60. The van der Waals surface area contributed by atoms with Crippen molar-refractivity contribution in [3.8, 4) is 0 Å². The zero-order chi connectivity index (χ0) is 15.0. The summed E-state index contributed by atoms with van der Waals surface area (Å²) in [5.74, 6) is -1.19. The lowest BCUT2D eigenvalue weighted by Gasteiger charge is -2.23. The summed E-state index contributed by atoms with van der Waals surface area (Å²) >= 11 is 3.40. The topological polar surface area (TPSA) is 69.6 Å². The maximum Gasteiger partial charge on any atom is 0.318 e. The van der Waals surface area contributed by atoms with Crippen LogP contribution < -0.4 is 5.32 Å². The first-order valence-corrected chi connectivity index (χ1v) is 7.89. The first-order chi connectivity index (χ1) is 10.1. The molecule has 0 radical (unpaired) electrons. The van der Waals surface area contributed by atoms with E-state index < -0.39 is 11.9 Å². The van der Waals surface area contributed by atoms with Crippen LogP contribution in [0.4, 0.5) is 4.79 Å². The van der Waals surface area contributed by atoms with Crippen LogP contribution >= 0.6 is 15.9 Å². The summed E-state index contributed by atoms with van der Waals surface area (Å²) in [6.45, 7) is 0.450. The fourth-order valence-electron chi connectivity index (χ4n) is 3.49. The van der Waals surface area contributed by atoms with Crippen LogP contribution in [-0.2, 0) is 11.3 Å². The van der Waals surface area contributed by atoms with E-state index in [4.69, 9.17) is 0 Å². The molecule has 1 aromatic carbocycles. The second kappa shape index (κ2) is 5.67. The van der Waals surface area contributed by atoms with Gasteiger partial charge in [-0.1, -0.05) is 28.1 Å². The number of rotatable bonds is 3. The number of halogens is 1. The van der Waals surface area contributed by atoms with Crippen molar-refractivity contribution < 1.29 is 14.7 Å². The molecular weight excluding hydrogens is 336 g/mol. The van der Waals surface area contributed by atoms with Crippen LogP contribution in [0.25, 0.3) is 0 Å². The summed E-state index contributed by atoms with van der Waals surface area (Å²) in [6, 6.07) is 7.55. The van der Waals surface area contributed by atoms with Gasteiger partial charge in [0.05, 0.1) is 5.92 Å². The van der Waals surface area contributed by atoms with Crippen LogP contribution in [0.3, 0.4) is 0 Å². The molecule has 2 aliphatic heterocycles. The second-order valence-electron chi connectivity index (χ2n) is 5.67. The molecule has 2 saturated heterocycles. The Morgan fingerprint density at radius 2 is 2.19 bits per heavy atom. The van der Waals surface area contributed by atoms with Crippen molar-refractivity contribution >= 4 is 27.9 Å². The van der Waals surface area contributed by atoms with Crippen molar-refractivity contribution in [3.63, 3.8) is 0 Å².